The first-order chi connectivity index (χ1) is 4.31. The number of allylic oxidation sites excluding steroid dienone is 3. The molecule has 0 unspecified atom stereocenters. The summed E-state index contributed by atoms with van der Waals surface area (Å²) >= 11 is 0. The molecule has 0 rings (SSSR count). The van der Waals surface area contributed by atoms with Crippen molar-refractivity contribution in [3.05, 3.63) is 24.3 Å². The van der Waals surface area contributed by atoms with Crippen molar-refractivity contribution < 1.29 is 4.79 Å². The molecule has 9 heavy (non-hydrogen) atoms. The Morgan fingerprint density at radius 2 is 2.33 bits per heavy atom. The summed E-state index contributed by atoms with van der Waals surface area (Å²) in [6.07, 6.45) is 6.13. The third kappa shape index (κ3) is 5.01. The molecule has 1 nitrogen and oxygen atoms in total. The highest BCUT2D eigenvalue weighted by Crippen LogP contribution is 2.00. The first kappa shape index (κ1) is 8.15. The van der Waals surface area contributed by atoms with Crippen molar-refractivity contribution in [1.29, 1.82) is 0 Å². The van der Waals surface area contributed by atoms with Crippen LogP contribution in [0, 0.1) is 0 Å². The molecule has 0 aromatic heterocycles. The molecule has 0 N–H and O–H groups in total. The van der Waals surface area contributed by atoms with Crippen LogP contribution in [0.3, 0.4) is 0 Å². The first-order valence-corrected chi connectivity index (χ1v) is 3.05. The lowest BCUT2D eigenvalue weighted by Crippen LogP contribution is -1.77. The van der Waals surface area contributed by atoms with Gasteiger partial charge < -0.3 is 4.79 Å². The average molecular weight is 124 g/mol. The normalized spacial score (nSPS) is 9.89. The first-order valence-electron chi connectivity index (χ1n) is 3.05. The van der Waals surface area contributed by atoms with E-state index in [2.05, 4.69) is 6.58 Å². The zero-order valence-corrected chi connectivity index (χ0v) is 5.76. The maximum Gasteiger partial charge on any atom is 0.120 e. The molecule has 0 aliphatic carbocycles. The second-order valence-corrected chi connectivity index (χ2v) is 1.86. The molecule has 0 bridgehead atoms. The molecule has 0 fully saturated rings. The Labute approximate surface area is 56.1 Å². The second kappa shape index (κ2) is 5.29. The van der Waals surface area contributed by atoms with Crippen molar-refractivity contribution in [3.8, 4) is 0 Å². The van der Waals surface area contributed by atoms with Crippen LogP contribution in [0.15, 0.2) is 24.3 Å². The Morgan fingerprint density at radius 1 is 1.67 bits per heavy atom. The summed E-state index contributed by atoms with van der Waals surface area (Å²) in [5.74, 6) is 0. The molecule has 1 heteroatoms. The second-order valence-electron chi connectivity index (χ2n) is 1.86. The minimum atomic E-state index is 0.586. The van der Waals surface area contributed by atoms with Gasteiger partial charge in [0.1, 0.15) is 6.29 Å². The minimum absolute atomic E-state index is 0.586. The van der Waals surface area contributed by atoms with Gasteiger partial charge in [-0.2, -0.15) is 0 Å². The summed E-state index contributed by atoms with van der Waals surface area (Å²) in [6, 6.07) is 0. The molecule has 0 saturated carbocycles. The largest absolute Gasteiger partial charge is 0.303 e. The number of carbonyl (C=O) groups excluding carboxylic acids is 1. The fraction of sp³-hybridized carbons (Fsp3) is 0.375. The van der Waals surface area contributed by atoms with Gasteiger partial charge in [0.2, 0.25) is 0 Å². The quantitative estimate of drug-likeness (QED) is 0.414. The predicted octanol–water partition coefficient (Wildman–Crippen LogP) is 2.10. The molecule has 0 aliphatic rings. The fourth-order valence-electron chi connectivity index (χ4n) is 0.563. The standard InChI is InChI=1S/C8H12O/c1-3-5-8(2)6-4-7-9/h3,5,7H,2,4,6H2,1H3/b5-3-. The van der Waals surface area contributed by atoms with Gasteiger partial charge in [-0.3, -0.25) is 0 Å². The van der Waals surface area contributed by atoms with Gasteiger partial charge in [-0.15, -0.1) is 0 Å². The van der Waals surface area contributed by atoms with E-state index in [9.17, 15) is 4.79 Å². The Morgan fingerprint density at radius 3 is 2.78 bits per heavy atom. The zero-order valence-electron chi connectivity index (χ0n) is 5.76. The Bertz CT molecular complexity index is 123. The molecular formula is C8H12O. The molecule has 0 heterocycles. The third-order valence-corrected chi connectivity index (χ3v) is 0.986. The molecule has 0 amide bonds. The zero-order chi connectivity index (χ0) is 7.11. The lowest BCUT2D eigenvalue weighted by molar-refractivity contribution is -0.107. The van der Waals surface area contributed by atoms with Gasteiger partial charge in [-0.25, -0.2) is 0 Å². The Hall–Kier alpha value is -0.850. The number of carbonyl (C=O) groups is 1. The lowest BCUT2D eigenvalue weighted by atomic mass is 10.2. The van der Waals surface area contributed by atoms with E-state index < -0.39 is 0 Å². The maximum absolute atomic E-state index is 9.85. The summed E-state index contributed by atoms with van der Waals surface area (Å²) in [5.41, 5.74) is 1.02. The molecule has 0 atom stereocenters. The molecule has 50 valence electrons. The van der Waals surface area contributed by atoms with Crippen molar-refractivity contribution in [2.45, 2.75) is 19.8 Å². The SMILES string of the molecule is C=C(/C=C\C)CCC=O. The predicted molar refractivity (Wildman–Crippen MR) is 39.3 cm³/mol. The number of hydrogen-bond donors (Lipinski definition) is 0. The van der Waals surface area contributed by atoms with Crippen molar-refractivity contribution >= 4 is 6.29 Å². The smallest absolute Gasteiger partial charge is 0.120 e. The Kier molecular flexibility index (Phi) is 4.79. The number of hydrogen-bond acceptors (Lipinski definition) is 1. The van der Waals surface area contributed by atoms with E-state index >= 15 is 0 Å². The van der Waals surface area contributed by atoms with E-state index in [0.717, 1.165) is 18.3 Å². The van der Waals surface area contributed by atoms with Crippen LogP contribution in [-0.4, -0.2) is 6.29 Å². The highest BCUT2D eigenvalue weighted by Gasteiger charge is 1.85. The van der Waals surface area contributed by atoms with E-state index in [4.69, 9.17) is 0 Å². The highest BCUT2D eigenvalue weighted by molar-refractivity contribution is 5.50. The van der Waals surface area contributed by atoms with Crippen molar-refractivity contribution in [1.82, 2.24) is 0 Å². The summed E-state index contributed by atoms with van der Waals surface area (Å²) in [7, 11) is 0. The topological polar surface area (TPSA) is 17.1 Å². The summed E-state index contributed by atoms with van der Waals surface area (Å²) in [6.45, 7) is 5.67. The van der Waals surface area contributed by atoms with E-state index in [0.29, 0.717) is 6.42 Å². The summed E-state index contributed by atoms with van der Waals surface area (Å²) in [5, 5.41) is 0. The van der Waals surface area contributed by atoms with Crippen molar-refractivity contribution in [3.63, 3.8) is 0 Å². The summed E-state index contributed by atoms with van der Waals surface area (Å²) in [4.78, 5) is 9.85. The van der Waals surface area contributed by atoms with Gasteiger partial charge in [0.25, 0.3) is 0 Å². The third-order valence-electron chi connectivity index (χ3n) is 0.986. The number of rotatable bonds is 4. The van der Waals surface area contributed by atoms with Crippen molar-refractivity contribution in [2.75, 3.05) is 0 Å². The molecule has 0 spiro atoms. The van der Waals surface area contributed by atoms with Crippen LogP contribution in [0.1, 0.15) is 19.8 Å². The molecule has 0 aliphatic heterocycles. The molecule has 0 aromatic rings. The van der Waals surface area contributed by atoms with E-state index in [1.54, 1.807) is 0 Å². The van der Waals surface area contributed by atoms with Crippen molar-refractivity contribution in [2.24, 2.45) is 0 Å². The van der Waals surface area contributed by atoms with Crippen LogP contribution < -0.4 is 0 Å². The van der Waals surface area contributed by atoms with Crippen LogP contribution in [0.5, 0.6) is 0 Å². The van der Waals surface area contributed by atoms with Crippen LogP contribution in [-0.2, 0) is 4.79 Å². The van der Waals surface area contributed by atoms with Gasteiger partial charge in [-0.1, -0.05) is 24.3 Å². The van der Waals surface area contributed by atoms with Gasteiger partial charge >= 0.3 is 0 Å². The summed E-state index contributed by atoms with van der Waals surface area (Å²) < 4.78 is 0. The van der Waals surface area contributed by atoms with E-state index in [1.807, 2.05) is 19.1 Å². The number of aldehydes is 1. The average Bonchev–Trinajstić information content (AvgIpc) is 1.85. The monoisotopic (exact) mass is 124 g/mol. The minimum Gasteiger partial charge on any atom is -0.303 e. The van der Waals surface area contributed by atoms with Crippen LogP contribution >= 0.6 is 0 Å². The van der Waals surface area contributed by atoms with E-state index in [1.165, 1.54) is 0 Å². The fourth-order valence-corrected chi connectivity index (χ4v) is 0.563. The van der Waals surface area contributed by atoms with Gasteiger partial charge in [0.05, 0.1) is 0 Å². The molecule has 0 aromatic carbocycles. The van der Waals surface area contributed by atoms with Crippen LogP contribution in [0.25, 0.3) is 0 Å². The van der Waals surface area contributed by atoms with Gasteiger partial charge in [-0.05, 0) is 13.3 Å². The lowest BCUT2D eigenvalue weighted by Gasteiger charge is -1.90. The van der Waals surface area contributed by atoms with Crippen LogP contribution in [0.4, 0.5) is 0 Å². The Balaban J connectivity index is 3.38. The van der Waals surface area contributed by atoms with Crippen LogP contribution in [0.2, 0.25) is 0 Å². The van der Waals surface area contributed by atoms with Gasteiger partial charge in [0.15, 0.2) is 0 Å². The molecular weight excluding hydrogens is 112 g/mol. The maximum atomic E-state index is 9.85. The molecule has 0 saturated heterocycles. The molecule has 0 radical (unpaired) electrons. The van der Waals surface area contributed by atoms with Gasteiger partial charge in [0, 0.05) is 6.42 Å². The van der Waals surface area contributed by atoms with E-state index in [-0.39, 0.29) is 0 Å². The highest BCUT2D eigenvalue weighted by atomic mass is 16.1.